The maximum atomic E-state index is 13.7. The lowest BCUT2D eigenvalue weighted by Gasteiger charge is -2.36. The van der Waals surface area contributed by atoms with Crippen molar-refractivity contribution in [3.8, 4) is 5.75 Å². The minimum Gasteiger partial charge on any atom is -0.542 e. The van der Waals surface area contributed by atoms with E-state index >= 15 is 0 Å². The van der Waals surface area contributed by atoms with E-state index in [1.807, 2.05) is 13.1 Å². The van der Waals surface area contributed by atoms with Crippen molar-refractivity contribution in [1.29, 1.82) is 0 Å². The molecule has 0 bridgehead atoms. The standard InChI is InChI=1S/C12H20BFO3Si/c1-12(2,3)18(4,5)17-11-8-9(13(15)16)6-7-10(11)14/h6-8,15-16H,1-5H3. The van der Waals surface area contributed by atoms with Crippen LogP contribution < -0.4 is 9.89 Å². The van der Waals surface area contributed by atoms with E-state index in [9.17, 15) is 4.39 Å². The van der Waals surface area contributed by atoms with Crippen LogP contribution >= 0.6 is 0 Å². The number of rotatable bonds is 3. The smallest absolute Gasteiger partial charge is 0.488 e. The number of hydrogen-bond donors (Lipinski definition) is 2. The molecule has 1 aromatic carbocycles. The van der Waals surface area contributed by atoms with Gasteiger partial charge in [-0.1, -0.05) is 26.8 Å². The van der Waals surface area contributed by atoms with Gasteiger partial charge in [0, 0.05) is 0 Å². The monoisotopic (exact) mass is 270 g/mol. The summed E-state index contributed by atoms with van der Waals surface area (Å²) >= 11 is 0. The molecule has 1 rings (SSSR count). The summed E-state index contributed by atoms with van der Waals surface area (Å²) in [5.41, 5.74) is 0.227. The van der Waals surface area contributed by atoms with Gasteiger partial charge in [-0.25, -0.2) is 4.39 Å². The van der Waals surface area contributed by atoms with E-state index in [2.05, 4.69) is 20.8 Å². The lowest BCUT2D eigenvalue weighted by Crippen LogP contribution is -2.44. The zero-order valence-electron chi connectivity index (χ0n) is 11.5. The summed E-state index contributed by atoms with van der Waals surface area (Å²) in [4.78, 5) is 0. The molecule has 0 spiro atoms. The van der Waals surface area contributed by atoms with Crippen molar-refractivity contribution in [2.24, 2.45) is 0 Å². The Morgan fingerprint density at radius 1 is 1.22 bits per heavy atom. The van der Waals surface area contributed by atoms with Crippen molar-refractivity contribution in [2.75, 3.05) is 0 Å². The van der Waals surface area contributed by atoms with E-state index in [-0.39, 0.29) is 16.3 Å². The van der Waals surface area contributed by atoms with Gasteiger partial charge >= 0.3 is 7.12 Å². The van der Waals surface area contributed by atoms with Gasteiger partial charge in [-0.05, 0) is 35.7 Å². The molecule has 0 aliphatic heterocycles. The van der Waals surface area contributed by atoms with Gasteiger partial charge in [-0.15, -0.1) is 0 Å². The van der Waals surface area contributed by atoms with Crippen LogP contribution in [0.25, 0.3) is 0 Å². The Kier molecular flexibility index (Phi) is 4.25. The molecule has 0 unspecified atom stereocenters. The fourth-order valence-electron chi connectivity index (χ4n) is 1.19. The Morgan fingerprint density at radius 2 is 1.78 bits per heavy atom. The highest BCUT2D eigenvalue weighted by Crippen LogP contribution is 2.37. The van der Waals surface area contributed by atoms with Gasteiger partial charge in [0.25, 0.3) is 8.32 Å². The molecule has 0 saturated heterocycles. The molecule has 1 aromatic rings. The lowest BCUT2D eigenvalue weighted by atomic mass is 9.80. The van der Waals surface area contributed by atoms with Crippen molar-refractivity contribution in [2.45, 2.75) is 38.9 Å². The Balaban J connectivity index is 3.07. The Morgan fingerprint density at radius 3 is 2.22 bits per heavy atom. The third-order valence-corrected chi connectivity index (χ3v) is 7.77. The summed E-state index contributed by atoms with van der Waals surface area (Å²) in [5.74, 6) is -0.392. The van der Waals surface area contributed by atoms with Crippen LogP contribution in [-0.2, 0) is 0 Å². The van der Waals surface area contributed by atoms with Gasteiger partial charge in [0.15, 0.2) is 5.82 Å². The topological polar surface area (TPSA) is 49.7 Å². The summed E-state index contributed by atoms with van der Waals surface area (Å²) < 4.78 is 19.5. The maximum absolute atomic E-state index is 13.7. The van der Waals surface area contributed by atoms with E-state index in [0.29, 0.717) is 0 Å². The fraction of sp³-hybridized carbons (Fsp3) is 0.500. The predicted molar refractivity (Wildman–Crippen MR) is 74.1 cm³/mol. The van der Waals surface area contributed by atoms with Gasteiger partial charge in [0.05, 0.1) is 0 Å². The van der Waals surface area contributed by atoms with Crippen LogP contribution in [0.1, 0.15) is 20.8 Å². The molecule has 100 valence electrons. The molecule has 0 heterocycles. The summed E-state index contributed by atoms with van der Waals surface area (Å²) in [6.45, 7) is 10.2. The minimum atomic E-state index is -2.14. The fourth-order valence-corrected chi connectivity index (χ4v) is 2.20. The van der Waals surface area contributed by atoms with Crippen LogP contribution in [0.4, 0.5) is 4.39 Å². The summed E-state index contributed by atoms with van der Waals surface area (Å²) in [6, 6.07) is 3.87. The van der Waals surface area contributed by atoms with Crippen molar-refractivity contribution < 1.29 is 18.9 Å². The van der Waals surface area contributed by atoms with Crippen LogP contribution in [0.3, 0.4) is 0 Å². The van der Waals surface area contributed by atoms with Crippen LogP contribution in [0.15, 0.2) is 18.2 Å². The van der Waals surface area contributed by atoms with Gasteiger partial charge in [0.1, 0.15) is 5.75 Å². The van der Waals surface area contributed by atoms with Gasteiger partial charge < -0.3 is 14.5 Å². The van der Waals surface area contributed by atoms with Gasteiger partial charge in [0.2, 0.25) is 0 Å². The van der Waals surface area contributed by atoms with Crippen LogP contribution in [0.5, 0.6) is 5.75 Å². The molecular weight excluding hydrogens is 250 g/mol. The highest BCUT2D eigenvalue weighted by atomic mass is 28.4. The molecule has 6 heteroatoms. The molecule has 0 fully saturated rings. The first-order chi connectivity index (χ1) is 8.04. The second kappa shape index (κ2) is 5.03. The second-order valence-corrected chi connectivity index (χ2v) is 10.7. The molecule has 0 saturated carbocycles. The molecule has 0 aromatic heterocycles. The Bertz CT molecular complexity index is 430. The van der Waals surface area contributed by atoms with Crippen molar-refractivity contribution in [3.05, 3.63) is 24.0 Å². The Labute approximate surface area is 109 Å². The number of benzene rings is 1. The van der Waals surface area contributed by atoms with Gasteiger partial charge in [-0.3, -0.25) is 0 Å². The summed E-state index contributed by atoms with van der Waals surface area (Å²) in [6.07, 6.45) is 0. The second-order valence-electron chi connectivity index (χ2n) is 5.93. The zero-order valence-corrected chi connectivity index (χ0v) is 12.5. The van der Waals surface area contributed by atoms with Crippen molar-refractivity contribution in [3.63, 3.8) is 0 Å². The van der Waals surface area contributed by atoms with E-state index < -0.39 is 21.3 Å². The van der Waals surface area contributed by atoms with Gasteiger partial charge in [-0.2, -0.15) is 0 Å². The van der Waals surface area contributed by atoms with Crippen LogP contribution in [0, 0.1) is 5.82 Å². The minimum absolute atomic E-state index is 0.0483. The lowest BCUT2D eigenvalue weighted by molar-refractivity contribution is 0.424. The quantitative estimate of drug-likeness (QED) is 0.825. The number of hydrogen-bond acceptors (Lipinski definition) is 3. The first-order valence-corrected chi connectivity index (χ1v) is 8.80. The summed E-state index contributed by atoms with van der Waals surface area (Å²) in [5, 5.41) is 18.1. The molecular formula is C12H20BFO3Si. The van der Waals surface area contributed by atoms with Crippen LogP contribution in [0.2, 0.25) is 18.1 Å². The molecule has 0 atom stereocenters. The third-order valence-electron chi connectivity index (χ3n) is 3.42. The third kappa shape index (κ3) is 3.34. The molecule has 2 N–H and O–H groups in total. The highest BCUT2D eigenvalue weighted by Gasteiger charge is 2.39. The highest BCUT2D eigenvalue weighted by molar-refractivity contribution is 6.74. The predicted octanol–water partition coefficient (Wildman–Crippen LogP) is 1.89. The van der Waals surface area contributed by atoms with E-state index in [1.54, 1.807) is 0 Å². The molecule has 0 radical (unpaired) electrons. The maximum Gasteiger partial charge on any atom is 0.488 e. The average molecular weight is 270 g/mol. The summed E-state index contributed by atoms with van der Waals surface area (Å²) in [7, 11) is -3.76. The Hall–Kier alpha value is -0.848. The molecule has 3 nitrogen and oxygen atoms in total. The number of halogens is 1. The normalized spacial score (nSPS) is 12.4. The SMILES string of the molecule is CC(C)(C)[Si](C)(C)Oc1cc(B(O)O)ccc1F. The van der Waals surface area contributed by atoms with Crippen molar-refractivity contribution in [1.82, 2.24) is 0 Å². The largest absolute Gasteiger partial charge is 0.542 e. The molecule has 0 aliphatic carbocycles. The van der Waals surface area contributed by atoms with E-state index in [4.69, 9.17) is 14.5 Å². The molecule has 0 aliphatic rings. The first-order valence-electron chi connectivity index (χ1n) is 5.89. The molecule has 0 amide bonds. The first kappa shape index (κ1) is 15.2. The van der Waals surface area contributed by atoms with Crippen molar-refractivity contribution >= 4 is 20.9 Å². The van der Waals surface area contributed by atoms with E-state index in [0.717, 1.165) is 0 Å². The average Bonchev–Trinajstić information content (AvgIpc) is 2.18. The zero-order chi connectivity index (χ0) is 14.1. The van der Waals surface area contributed by atoms with E-state index in [1.165, 1.54) is 18.2 Å². The molecule has 18 heavy (non-hydrogen) atoms. The van der Waals surface area contributed by atoms with Crippen LogP contribution in [-0.4, -0.2) is 25.5 Å².